The number of fused-ring (bicyclic) bond motifs is 1. The Morgan fingerprint density at radius 3 is 2.85 bits per heavy atom. The molecule has 1 aliphatic rings. The van der Waals surface area contributed by atoms with Crippen LogP contribution in [0.2, 0.25) is 0 Å². The maximum absolute atomic E-state index is 12.3. The standard InChI is InChI=1S/C18H17N3O4S/c1-11(12-5-4-6-13(9-12)21(24)25)19-17(22)10-16-18(23)20-14-7-2-3-8-15(14)26-16/h2-9,11,16H,10H2,1H3,(H,19,22)(H,20,23)/t11-,16+/m0/s1. The lowest BCUT2D eigenvalue weighted by molar-refractivity contribution is -0.384. The maximum Gasteiger partial charge on any atom is 0.269 e. The van der Waals surface area contributed by atoms with Gasteiger partial charge in [0.15, 0.2) is 0 Å². The fraction of sp³-hybridized carbons (Fsp3) is 0.222. The third-order valence-corrected chi connectivity index (χ3v) is 5.31. The second-order valence-electron chi connectivity index (χ2n) is 5.94. The number of hydrogen-bond donors (Lipinski definition) is 2. The van der Waals surface area contributed by atoms with Crippen LogP contribution in [0.5, 0.6) is 0 Å². The first-order valence-electron chi connectivity index (χ1n) is 8.04. The van der Waals surface area contributed by atoms with Crippen LogP contribution >= 0.6 is 11.8 Å². The largest absolute Gasteiger partial charge is 0.350 e. The Kier molecular flexibility index (Phi) is 5.22. The fourth-order valence-corrected chi connectivity index (χ4v) is 3.80. The van der Waals surface area contributed by atoms with E-state index in [2.05, 4.69) is 10.6 Å². The number of nitro groups is 1. The number of rotatable bonds is 5. The van der Waals surface area contributed by atoms with Gasteiger partial charge in [-0.1, -0.05) is 24.3 Å². The number of thioether (sulfide) groups is 1. The van der Waals surface area contributed by atoms with Crippen molar-refractivity contribution >= 4 is 35.0 Å². The summed E-state index contributed by atoms with van der Waals surface area (Å²) in [5, 5.41) is 16.0. The average Bonchev–Trinajstić information content (AvgIpc) is 2.62. The molecule has 0 fully saturated rings. The molecule has 0 bridgehead atoms. The van der Waals surface area contributed by atoms with Crippen LogP contribution in [0.1, 0.15) is 24.9 Å². The summed E-state index contributed by atoms with van der Waals surface area (Å²) < 4.78 is 0. The fourth-order valence-electron chi connectivity index (χ4n) is 2.69. The summed E-state index contributed by atoms with van der Waals surface area (Å²) in [5.41, 5.74) is 1.37. The minimum atomic E-state index is -0.512. The summed E-state index contributed by atoms with van der Waals surface area (Å²) in [5.74, 6) is -0.483. The molecule has 2 atom stereocenters. The monoisotopic (exact) mass is 371 g/mol. The number of nitro benzene ring substituents is 1. The van der Waals surface area contributed by atoms with Gasteiger partial charge in [-0.25, -0.2) is 0 Å². The van der Waals surface area contributed by atoms with Crippen molar-refractivity contribution in [1.29, 1.82) is 0 Å². The second-order valence-corrected chi connectivity index (χ2v) is 7.18. The van der Waals surface area contributed by atoms with Crippen LogP contribution in [0.4, 0.5) is 11.4 Å². The van der Waals surface area contributed by atoms with Crippen LogP contribution in [0.25, 0.3) is 0 Å². The third-order valence-electron chi connectivity index (χ3n) is 4.04. The SMILES string of the molecule is C[C@H](NC(=O)C[C@H]1Sc2ccccc2NC1=O)c1cccc([N+](=O)[O-])c1. The summed E-state index contributed by atoms with van der Waals surface area (Å²) >= 11 is 1.36. The van der Waals surface area contributed by atoms with Crippen molar-refractivity contribution < 1.29 is 14.5 Å². The summed E-state index contributed by atoms with van der Waals surface area (Å²) in [6, 6.07) is 13.2. The highest BCUT2D eigenvalue weighted by Crippen LogP contribution is 2.36. The Balaban J connectivity index is 1.63. The minimum Gasteiger partial charge on any atom is -0.350 e. The number of hydrogen-bond acceptors (Lipinski definition) is 5. The van der Waals surface area contributed by atoms with Gasteiger partial charge >= 0.3 is 0 Å². The van der Waals surface area contributed by atoms with Crippen molar-refractivity contribution in [1.82, 2.24) is 5.32 Å². The van der Waals surface area contributed by atoms with E-state index >= 15 is 0 Å². The molecule has 0 saturated carbocycles. The summed E-state index contributed by atoms with van der Waals surface area (Å²) in [6.45, 7) is 1.75. The number of para-hydroxylation sites is 1. The number of benzene rings is 2. The Labute approximate surface area is 154 Å². The molecule has 0 aliphatic carbocycles. The molecule has 1 heterocycles. The molecule has 0 aromatic heterocycles. The highest BCUT2D eigenvalue weighted by atomic mass is 32.2. The van der Waals surface area contributed by atoms with E-state index in [1.165, 1.54) is 23.9 Å². The van der Waals surface area contributed by atoms with E-state index in [0.717, 1.165) is 10.6 Å². The number of nitrogens with zero attached hydrogens (tertiary/aromatic N) is 1. The Morgan fingerprint density at radius 2 is 2.08 bits per heavy atom. The van der Waals surface area contributed by atoms with Crippen molar-refractivity contribution in [2.24, 2.45) is 0 Å². The number of carbonyl (C=O) groups is 2. The van der Waals surface area contributed by atoms with E-state index in [1.807, 2.05) is 24.3 Å². The molecule has 134 valence electrons. The third kappa shape index (κ3) is 4.02. The first kappa shape index (κ1) is 17.9. The van der Waals surface area contributed by atoms with Gasteiger partial charge in [-0.05, 0) is 24.6 Å². The summed E-state index contributed by atoms with van der Waals surface area (Å²) in [7, 11) is 0. The van der Waals surface area contributed by atoms with E-state index in [1.54, 1.807) is 19.1 Å². The molecule has 0 saturated heterocycles. The number of amides is 2. The molecule has 26 heavy (non-hydrogen) atoms. The number of carbonyl (C=O) groups excluding carboxylic acids is 2. The van der Waals surface area contributed by atoms with Crippen LogP contribution in [0.3, 0.4) is 0 Å². The topological polar surface area (TPSA) is 101 Å². The van der Waals surface area contributed by atoms with Gasteiger partial charge in [0.2, 0.25) is 11.8 Å². The first-order valence-corrected chi connectivity index (χ1v) is 8.92. The Hall–Kier alpha value is -2.87. The zero-order valence-electron chi connectivity index (χ0n) is 14.0. The lowest BCUT2D eigenvalue weighted by Crippen LogP contribution is -2.35. The average molecular weight is 371 g/mol. The smallest absolute Gasteiger partial charge is 0.269 e. The number of nitrogens with one attached hydrogen (secondary N) is 2. The van der Waals surface area contributed by atoms with Crippen molar-refractivity contribution in [3.63, 3.8) is 0 Å². The molecular weight excluding hydrogens is 354 g/mol. The molecular formula is C18H17N3O4S. The quantitative estimate of drug-likeness (QED) is 0.620. The van der Waals surface area contributed by atoms with Crippen LogP contribution in [-0.4, -0.2) is 22.0 Å². The van der Waals surface area contributed by atoms with Gasteiger partial charge in [0.25, 0.3) is 5.69 Å². The van der Waals surface area contributed by atoms with E-state index in [0.29, 0.717) is 5.56 Å². The highest BCUT2D eigenvalue weighted by Gasteiger charge is 2.29. The zero-order valence-corrected chi connectivity index (χ0v) is 14.8. The van der Waals surface area contributed by atoms with Crippen LogP contribution in [0.15, 0.2) is 53.4 Å². The molecule has 7 nitrogen and oxygen atoms in total. The van der Waals surface area contributed by atoms with Gasteiger partial charge in [-0.3, -0.25) is 19.7 Å². The van der Waals surface area contributed by atoms with Gasteiger partial charge in [-0.15, -0.1) is 11.8 Å². The Bertz CT molecular complexity index is 871. The van der Waals surface area contributed by atoms with Gasteiger partial charge in [0.05, 0.1) is 21.9 Å². The molecule has 2 amide bonds. The summed E-state index contributed by atoms with van der Waals surface area (Å²) in [6.07, 6.45) is 0.0318. The lowest BCUT2D eigenvalue weighted by Gasteiger charge is -2.24. The Morgan fingerprint density at radius 1 is 1.31 bits per heavy atom. The maximum atomic E-state index is 12.3. The van der Waals surface area contributed by atoms with Crippen LogP contribution < -0.4 is 10.6 Å². The minimum absolute atomic E-state index is 0.0255. The van der Waals surface area contributed by atoms with Crippen molar-refractivity contribution in [3.8, 4) is 0 Å². The second kappa shape index (κ2) is 7.57. The summed E-state index contributed by atoms with van der Waals surface area (Å²) in [4.78, 5) is 35.8. The zero-order chi connectivity index (χ0) is 18.7. The van der Waals surface area contributed by atoms with Crippen molar-refractivity contribution in [2.45, 2.75) is 29.5 Å². The molecule has 0 spiro atoms. The number of anilines is 1. The van der Waals surface area contributed by atoms with Crippen molar-refractivity contribution in [2.75, 3.05) is 5.32 Å². The molecule has 2 aromatic carbocycles. The van der Waals surface area contributed by atoms with E-state index in [4.69, 9.17) is 0 Å². The molecule has 3 rings (SSSR count). The van der Waals surface area contributed by atoms with Crippen LogP contribution in [-0.2, 0) is 9.59 Å². The molecule has 1 aliphatic heterocycles. The highest BCUT2D eigenvalue weighted by molar-refractivity contribution is 8.01. The van der Waals surface area contributed by atoms with Gasteiger partial charge in [0, 0.05) is 23.4 Å². The molecule has 2 N–H and O–H groups in total. The first-order chi connectivity index (χ1) is 12.4. The van der Waals surface area contributed by atoms with Gasteiger partial charge < -0.3 is 10.6 Å². The predicted octanol–water partition coefficient (Wildman–Crippen LogP) is 3.28. The molecule has 2 aromatic rings. The van der Waals surface area contributed by atoms with E-state index in [-0.39, 0.29) is 23.9 Å². The molecule has 0 radical (unpaired) electrons. The normalized spacial score (nSPS) is 17.0. The van der Waals surface area contributed by atoms with Gasteiger partial charge in [-0.2, -0.15) is 0 Å². The van der Waals surface area contributed by atoms with E-state index in [9.17, 15) is 19.7 Å². The predicted molar refractivity (Wildman–Crippen MR) is 99.0 cm³/mol. The van der Waals surface area contributed by atoms with Gasteiger partial charge in [0.1, 0.15) is 0 Å². The molecule has 0 unspecified atom stereocenters. The number of non-ortho nitro benzene ring substituents is 1. The lowest BCUT2D eigenvalue weighted by atomic mass is 10.1. The van der Waals surface area contributed by atoms with Crippen LogP contribution in [0, 0.1) is 10.1 Å². The van der Waals surface area contributed by atoms with E-state index < -0.39 is 16.2 Å². The molecule has 8 heteroatoms. The van der Waals surface area contributed by atoms with Crippen molar-refractivity contribution in [3.05, 3.63) is 64.2 Å².